The molecule has 30 heavy (non-hydrogen) atoms. The molecule has 0 aliphatic carbocycles. The number of alkyl halides is 3. The van der Waals surface area contributed by atoms with Gasteiger partial charge in [-0.1, -0.05) is 0 Å². The number of ether oxygens (including phenoxy) is 2. The molecule has 5 nitrogen and oxygen atoms in total. The molecule has 1 saturated heterocycles. The van der Waals surface area contributed by atoms with Gasteiger partial charge >= 0.3 is 6.36 Å². The highest BCUT2D eigenvalue weighted by Crippen LogP contribution is 2.31. The molecule has 1 fully saturated rings. The predicted octanol–water partition coefficient (Wildman–Crippen LogP) is 4.47. The first kappa shape index (κ1) is 20.9. The Hall–Kier alpha value is -2.36. The average molecular weight is 438 g/mol. The summed E-state index contributed by atoms with van der Waals surface area (Å²) in [5.41, 5.74) is 1.46. The largest absolute Gasteiger partial charge is 0.573 e. The Morgan fingerprint density at radius 1 is 1.13 bits per heavy atom. The summed E-state index contributed by atoms with van der Waals surface area (Å²) in [6.45, 7) is 7.14. The number of carbonyl (C=O) groups excluding carboxylic acids is 1. The number of rotatable bonds is 6. The normalized spacial score (nSPS) is 15.6. The monoisotopic (exact) mass is 438 g/mol. The van der Waals surface area contributed by atoms with E-state index in [1.54, 1.807) is 0 Å². The fourth-order valence-electron chi connectivity index (χ4n) is 3.58. The molecule has 0 radical (unpaired) electrons. The van der Waals surface area contributed by atoms with Crippen molar-refractivity contribution in [3.63, 3.8) is 0 Å². The second-order valence-electron chi connectivity index (χ2n) is 7.16. The molecule has 1 aliphatic rings. The van der Waals surface area contributed by atoms with Crippen molar-refractivity contribution >= 4 is 27.3 Å². The third-order valence-corrected chi connectivity index (χ3v) is 6.27. The molecule has 3 heterocycles. The number of aromatic nitrogens is 1. The number of benzene rings is 1. The number of hydrogen-bond acceptors (Lipinski definition) is 5. The first-order valence-corrected chi connectivity index (χ1v) is 10.4. The van der Waals surface area contributed by atoms with E-state index >= 15 is 0 Å². The number of thiophene rings is 1. The summed E-state index contributed by atoms with van der Waals surface area (Å²) in [5, 5.41) is 1.000. The molecule has 3 aromatic rings. The third kappa shape index (κ3) is 4.69. The van der Waals surface area contributed by atoms with E-state index in [2.05, 4.69) is 20.3 Å². The van der Waals surface area contributed by atoms with Crippen LogP contribution in [0.1, 0.15) is 20.9 Å². The molecule has 1 aliphatic heterocycles. The summed E-state index contributed by atoms with van der Waals surface area (Å²) in [4.78, 5) is 16.8. The van der Waals surface area contributed by atoms with Gasteiger partial charge in [0, 0.05) is 42.8 Å². The van der Waals surface area contributed by atoms with Gasteiger partial charge in [0.1, 0.15) is 10.6 Å². The van der Waals surface area contributed by atoms with Gasteiger partial charge in [-0.15, -0.1) is 24.5 Å². The van der Waals surface area contributed by atoms with Crippen LogP contribution in [0.4, 0.5) is 13.2 Å². The lowest BCUT2D eigenvalue weighted by Crippen LogP contribution is -2.38. The zero-order chi connectivity index (χ0) is 21.3. The molecule has 1 aromatic carbocycles. The molecular weight excluding hydrogens is 417 g/mol. The highest BCUT2D eigenvalue weighted by molar-refractivity contribution is 7.20. The predicted molar refractivity (Wildman–Crippen MR) is 108 cm³/mol. The molecule has 0 unspecified atom stereocenters. The second kappa shape index (κ2) is 8.41. The molecule has 0 amide bonds. The van der Waals surface area contributed by atoms with Gasteiger partial charge in [-0.2, -0.15) is 0 Å². The number of fused-ring (bicyclic) bond motifs is 1. The SMILES string of the molecule is Cc1cc2cc(C(=O)c3ccc(OC(F)(F)F)cc3)sc2n1CCN1CCOCC1. The van der Waals surface area contributed by atoms with Crippen LogP contribution in [-0.4, -0.2) is 54.5 Å². The molecule has 0 bridgehead atoms. The van der Waals surface area contributed by atoms with E-state index in [0.29, 0.717) is 10.4 Å². The molecule has 0 saturated carbocycles. The van der Waals surface area contributed by atoms with Gasteiger partial charge in [-0.3, -0.25) is 9.69 Å². The molecule has 2 aromatic heterocycles. The maximum Gasteiger partial charge on any atom is 0.573 e. The quantitative estimate of drug-likeness (QED) is 0.533. The van der Waals surface area contributed by atoms with Crippen LogP contribution in [0.2, 0.25) is 0 Å². The summed E-state index contributed by atoms with van der Waals surface area (Å²) < 4.78 is 48.4. The van der Waals surface area contributed by atoms with Gasteiger partial charge in [0.15, 0.2) is 0 Å². The minimum atomic E-state index is -4.76. The van der Waals surface area contributed by atoms with E-state index in [9.17, 15) is 18.0 Å². The van der Waals surface area contributed by atoms with Crippen LogP contribution in [0.15, 0.2) is 36.4 Å². The van der Waals surface area contributed by atoms with Crippen LogP contribution in [0.5, 0.6) is 5.75 Å². The highest BCUT2D eigenvalue weighted by Gasteiger charge is 2.31. The molecule has 0 spiro atoms. The van der Waals surface area contributed by atoms with E-state index in [-0.39, 0.29) is 11.5 Å². The van der Waals surface area contributed by atoms with Crippen molar-refractivity contribution in [3.8, 4) is 5.75 Å². The zero-order valence-corrected chi connectivity index (χ0v) is 17.2. The summed E-state index contributed by atoms with van der Waals surface area (Å²) in [6.07, 6.45) is -4.76. The Morgan fingerprint density at radius 2 is 1.83 bits per heavy atom. The van der Waals surface area contributed by atoms with Crippen LogP contribution in [0.3, 0.4) is 0 Å². The van der Waals surface area contributed by atoms with Crippen molar-refractivity contribution in [3.05, 3.63) is 52.5 Å². The maximum absolute atomic E-state index is 12.8. The molecular formula is C21H21F3N2O3S. The number of ketones is 1. The van der Waals surface area contributed by atoms with Gasteiger partial charge in [-0.25, -0.2) is 0 Å². The summed E-state index contributed by atoms with van der Waals surface area (Å²) in [6, 6.07) is 8.92. The minimum Gasteiger partial charge on any atom is -0.406 e. The Labute approximate surface area is 175 Å². The van der Waals surface area contributed by atoms with Crippen LogP contribution in [0, 0.1) is 6.92 Å². The van der Waals surface area contributed by atoms with E-state index in [4.69, 9.17) is 4.74 Å². The van der Waals surface area contributed by atoms with Crippen molar-refractivity contribution in [2.75, 3.05) is 32.8 Å². The summed E-state index contributed by atoms with van der Waals surface area (Å²) in [7, 11) is 0. The molecule has 0 N–H and O–H groups in total. The fraction of sp³-hybridized carbons (Fsp3) is 0.381. The molecule has 160 valence electrons. The van der Waals surface area contributed by atoms with E-state index in [1.807, 2.05) is 13.0 Å². The van der Waals surface area contributed by atoms with Crippen molar-refractivity contribution < 1.29 is 27.4 Å². The first-order valence-electron chi connectivity index (χ1n) is 9.60. The minimum absolute atomic E-state index is 0.216. The standard InChI is InChI=1S/C21H21F3N2O3S/c1-14-12-16-13-18(19(27)15-2-4-17(5-3-15)29-21(22,23)24)30-20(16)26(14)7-6-25-8-10-28-11-9-25/h2-5,12-13H,6-11H2,1H3. The number of carbonyl (C=O) groups is 1. The lowest BCUT2D eigenvalue weighted by Gasteiger charge is -2.26. The maximum atomic E-state index is 12.8. The van der Waals surface area contributed by atoms with E-state index in [1.165, 1.54) is 23.5 Å². The van der Waals surface area contributed by atoms with Crippen LogP contribution in [0.25, 0.3) is 10.2 Å². The fourth-order valence-corrected chi connectivity index (χ4v) is 4.77. The van der Waals surface area contributed by atoms with Gasteiger partial charge < -0.3 is 14.0 Å². The lowest BCUT2D eigenvalue weighted by molar-refractivity contribution is -0.274. The second-order valence-corrected chi connectivity index (χ2v) is 8.19. The number of hydrogen-bond donors (Lipinski definition) is 0. The van der Waals surface area contributed by atoms with Crippen molar-refractivity contribution in [1.82, 2.24) is 9.47 Å². The van der Waals surface area contributed by atoms with Crippen LogP contribution in [-0.2, 0) is 11.3 Å². The molecule has 0 atom stereocenters. The summed E-state index contributed by atoms with van der Waals surface area (Å²) >= 11 is 1.41. The van der Waals surface area contributed by atoms with E-state index < -0.39 is 6.36 Å². The molecule has 9 heteroatoms. The smallest absolute Gasteiger partial charge is 0.406 e. The van der Waals surface area contributed by atoms with Crippen LogP contribution < -0.4 is 4.74 Å². The Bertz CT molecular complexity index is 1030. The first-order chi connectivity index (χ1) is 14.3. The van der Waals surface area contributed by atoms with Crippen molar-refractivity contribution in [2.45, 2.75) is 19.8 Å². The van der Waals surface area contributed by atoms with Crippen molar-refractivity contribution in [1.29, 1.82) is 0 Å². The Morgan fingerprint density at radius 3 is 2.50 bits per heavy atom. The zero-order valence-electron chi connectivity index (χ0n) is 16.4. The van der Waals surface area contributed by atoms with E-state index in [0.717, 1.165) is 67.4 Å². The number of morpholine rings is 1. The van der Waals surface area contributed by atoms with Crippen LogP contribution >= 0.6 is 11.3 Å². The summed E-state index contributed by atoms with van der Waals surface area (Å²) in [5.74, 6) is -0.562. The average Bonchev–Trinajstić information content (AvgIpc) is 3.23. The van der Waals surface area contributed by atoms with Gasteiger partial charge in [0.05, 0.1) is 18.1 Å². The number of aryl methyl sites for hydroxylation is 1. The topological polar surface area (TPSA) is 43.7 Å². The number of nitrogens with zero attached hydrogens (tertiary/aromatic N) is 2. The lowest BCUT2D eigenvalue weighted by atomic mass is 10.1. The van der Waals surface area contributed by atoms with Gasteiger partial charge in [0.25, 0.3) is 0 Å². The molecule has 4 rings (SSSR count). The number of halogens is 3. The van der Waals surface area contributed by atoms with Gasteiger partial charge in [0.2, 0.25) is 5.78 Å². The van der Waals surface area contributed by atoms with Gasteiger partial charge in [-0.05, 0) is 43.3 Å². The third-order valence-electron chi connectivity index (χ3n) is 5.09. The van der Waals surface area contributed by atoms with Crippen molar-refractivity contribution in [2.24, 2.45) is 0 Å². The Kier molecular flexibility index (Phi) is 5.86. The Balaban J connectivity index is 1.50. The highest BCUT2D eigenvalue weighted by atomic mass is 32.1.